The number of hydrogen-bond acceptors (Lipinski definition) is 5. The maximum absolute atomic E-state index is 13.7. The number of nitrogens with zero attached hydrogens (tertiary/aromatic N) is 3. The number of benzene rings is 3. The smallest absolute Gasteiger partial charge is 0.241 e. The van der Waals surface area contributed by atoms with Crippen LogP contribution in [-0.2, 0) is 16.1 Å². The summed E-state index contributed by atoms with van der Waals surface area (Å²) in [5.41, 5.74) is 2.42. The molecule has 216 valence electrons. The third-order valence-electron chi connectivity index (χ3n) is 7.65. The number of nitrogens with one attached hydrogen (secondary N) is 1. The molecule has 2 atom stereocenters. The van der Waals surface area contributed by atoms with E-state index in [-0.39, 0.29) is 29.2 Å². The summed E-state index contributed by atoms with van der Waals surface area (Å²) < 4.78 is 26.8. The van der Waals surface area contributed by atoms with Crippen molar-refractivity contribution < 1.29 is 18.4 Å². The highest BCUT2D eigenvalue weighted by Crippen LogP contribution is 2.42. The molecule has 5 rings (SSSR count). The molecule has 0 radical (unpaired) electrons. The molecule has 0 aromatic heterocycles. The number of hydrogen-bond donors (Lipinski definition) is 1. The first-order chi connectivity index (χ1) is 19.8. The van der Waals surface area contributed by atoms with Crippen molar-refractivity contribution in [2.24, 2.45) is 5.92 Å². The Bertz CT molecular complexity index is 1380. The van der Waals surface area contributed by atoms with Crippen LogP contribution in [0, 0.1) is 17.6 Å². The van der Waals surface area contributed by atoms with Crippen LogP contribution in [0.3, 0.4) is 0 Å². The van der Waals surface area contributed by atoms with E-state index in [1.54, 1.807) is 17.9 Å². The number of fused-ring (bicyclic) bond motifs is 1. The standard InChI is InChI=1S/C31H33ClF2N4O2S/c1-21(30(39)35-13-4-14-36-15-17-37(18-16-36)25-11-9-23(33)10-12-25)29-31(40)38(27-5-2-3-6-28(27)41-29)20-22-7-8-24(34)19-26(22)32/h2-3,5-12,19,21,29H,4,13-18,20H2,1H3,(H,35,39)/t21-,29-/m1/s1. The Kier molecular flexibility index (Phi) is 9.47. The van der Waals surface area contributed by atoms with E-state index in [1.165, 1.54) is 36.0 Å². The molecule has 0 bridgehead atoms. The van der Waals surface area contributed by atoms with E-state index in [9.17, 15) is 18.4 Å². The lowest BCUT2D eigenvalue weighted by Gasteiger charge is -2.36. The zero-order chi connectivity index (χ0) is 28.9. The summed E-state index contributed by atoms with van der Waals surface area (Å²) >= 11 is 7.68. The number of anilines is 2. The Labute approximate surface area is 248 Å². The van der Waals surface area contributed by atoms with Gasteiger partial charge in [0.2, 0.25) is 11.8 Å². The summed E-state index contributed by atoms with van der Waals surface area (Å²) in [7, 11) is 0. The first-order valence-corrected chi connectivity index (χ1v) is 15.1. The van der Waals surface area contributed by atoms with E-state index in [1.807, 2.05) is 36.4 Å². The first-order valence-electron chi connectivity index (χ1n) is 13.8. The normalized spacial score (nSPS) is 18.2. The molecule has 0 unspecified atom stereocenters. The van der Waals surface area contributed by atoms with Gasteiger partial charge >= 0.3 is 0 Å². The molecule has 2 heterocycles. The van der Waals surface area contributed by atoms with Crippen molar-refractivity contribution in [3.8, 4) is 0 Å². The molecule has 1 fully saturated rings. The number of thioether (sulfide) groups is 1. The largest absolute Gasteiger partial charge is 0.369 e. The zero-order valence-corrected chi connectivity index (χ0v) is 24.4. The maximum Gasteiger partial charge on any atom is 0.241 e. The van der Waals surface area contributed by atoms with Crippen molar-refractivity contribution in [3.05, 3.63) is 89.0 Å². The molecule has 2 aliphatic rings. The minimum absolute atomic E-state index is 0.156. The average Bonchev–Trinajstić information content (AvgIpc) is 2.98. The molecule has 1 N–H and O–H groups in total. The summed E-state index contributed by atoms with van der Waals surface area (Å²) in [5.74, 6) is -1.54. The molecule has 2 aliphatic heterocycles. The molecule has 0 saturated carbocycles. The highest BCUT2D eigenvalue weighted by atomic mass is 35.5. The third-order valence-corrected chi connectivity index (χ3v) is 9.46. The lowest BCUT2D eigenvalue weighted by atomic mass is 10.0. The highest BCUT2D eigenvalue weighted by molar-refractivity contribution is 8.01. The Morgan fingerprint density at radius 3 is 2.46 bits per heavy atom. The molecule has 41 heavy (non-hydrogen) atoms. The van der Waals surface area contributed by atoms with Crippen molar-refractivity contribution in [1.82, 2.24) is 10.2 Å². The number of amides is 2. The van der Waals surface area contributed by atoms with Gasteiger partial charge < -0.3 is 15.1 Å². The van der Waals surface area contributed by atoms with Gasteiger partial charge in [0.25, 0.3) is 0 Å². The van der Waals surface area contributed by atoms with E-state index < -0.39 is 17.0 Å². The highest BCUT2D eigenvalue weighted by Gasteiger charge is 2.39. The van der Waals surface area contributed by atoms with Crippen LogP contribution in [-0.4, -0.2) is 61.2 Å². The van der Waals surface area contributed by atoms with Gasteiger partial charge in [0, 0.05) is 48.3 Å². The number of para-hydroxylation sites is 1. The van der Waals surface area contributed by atoms with Gasteiger partial charge in [-0.25, -0.2) is 8.78 Å². The summed E-state index contributed by atoms with van der Waals surface area (Å²) in [6.07, 6.45) is 0.804. The monoisotopic (exact) mass is 598 g/mol. The molecule has 3 aromatic rings. The van der Waals surface area contributed by atoms with Gasteiger partial charge in [0.1, 0.15) is 16.9 Å². The summed E-state index contributed by atoms with van der Waals surface area (Å²) in [6, 6.07) is 18.3. The van der Waals surface area contributed by atoms with E-state index in [4.69, 9.17) is 11.6 Å². The minimum Gasteiger partial charge on any atom is -0.369 e. The maximum atomic E-state index is 13.7. The molecular weight excluding hydrogens is 566 g/mol. The van der Waals surface area contributed by atoms with E-state index in [0.717, 1.165) is 55.4 Å². The SMILES string of the molecule is C[C@@H](C(=O)NCCCN1CCN(c2ccc(F)cc2)CC1)[C@H]1Sc2ccccc2N(Cc2ccc(F)cc2Cl)C1=O. The predicted octanol–water partition coefficient (Wildman–Crippen LogP) is 5.59. The Morgan fingerprint density at radius 1 is 1.02 bits per heavy atom. The Hall–Kier alpha value is -3.14. The second-order valence-electron chi connectivity index (χ2n) is 10.4. The lowest BCUT2D eigenvalue weighted by Crippen LogP contribution is -2.48. The molecule has 0 spiro atoms. The second kappa shape index (κ2) is 13.2. The molecule has 1 saturated heterocycles. The number of carbonyl (C=O) groups excluding carboxylic acids is 2. The van der Waals surface area contributed by atoms with Crippen molar-refractivity contribution in [2.75, 3.05) is 49.1 Å². The molecule has 6 nitrogen and oxygen atoms in total. The first kappa shape index (κ1) is 29.4. The van der Waals surface area contributed by atoms with Crippen molar-refractivity contribution in [3.63, 3.8) is 0 Å². The van der Waals surface area contributed by atoms with Crippen LogP contribution in [0.5, 0.6) is 0 Å². The summed E-state index contributed by atoms with van der Waals surface area (Å²) in [6.45, 7) is 6.92. The second-order valence-corrected chi connectivity index (χ2v) is 12.0. The summed E-state index contributed by atoms with van der Waals surface area (Å²) in [5, 5.41) is 2.69. The molecular formula is C31H33ClF2N4O2S. The van der Waals surface area contributed by atoms with Gasteiger partial charge in [0.05, 0.1) is 18.2 Å². The zero-order valence-electron chi connectivity index (χ0n) is 22.9. The number of rotatable bonds is 9. The molecule has 2 amide bonds. The number of carbonyl (C=O) groups is 2. The third kappa shape index (κ3) is 7.02. The lowest BCUT2D eigenvalue weighted by molar-refractivity contribution is -0.128. The molecule has 0 aliphatic carbocycles. The number of piperazine rings is 1. The van der Waals surface area contributed by atoms with E-state index in [2.05, 4.69) is 15.1 Å². The number of halogens is 3. The molecule has 3 aromatic carbocycles. The van der Waals surface area contributed by atoms with Gasteiger partial charge in [-0.2, -0.15) is 0 Å². The van der Waals surface area contributed by atoms with Gasteiger partial charge in [-0.1, -0.05) is 36.7 Å². The van der Waals surface area contributed by atoms with Gasteiger partial charge in [-0.15, -0.1) is 11.8 Å². The minimum atomic E-state index is -0.594. The Balaban J connectivity index is 1.13. The Morgan fingerprint density at radius 2 is 1.73 bits per heavy atom. The fraction of sp³-hybridized carbons (Fsp3) is 0.355. The van der Waals surface area contributed by atoms with Crippen LogP contribution in [0.1, 0.15) is 18.9 Å². The van der Waals surface area contributed by atoms with Gasteiger partial charge in [0.15, 0.2) is 0 Å². The van der Waals surface area contributed by atoms with Crippen molar-refractivity contribution >= 4 is 46.6 Å². The summed E-state index contributed by atoms with van der Waals surface area (Å²) in [4.78, 5) is 34.0. The van der Waals surface area contributed by atoms with E-state index >= 15 is 0 Å². The van der Waals surface area contributed by atoms with E-state index in [0.29, 0.717) is 12.1 Å². The van der Waals surface area contributed by atoms with Gasteiger partial charge in [-0.05, 0) is 67.1 Å². The van der Waals surface area contributed by atoms with Crippen LogP contribution in [0.2, 0.25) is 5.02 Å². The van der Waals surface area contributed by atoms with Crippen LogP contribution in [0.4, 0.5) is 20.2 Å². The van der Waals surface area contributed by atoms with Crippen LogP contribution >= 0.6 is 23.4 Å². The van der Waals surface area contributed by atoms with Gasteiger partial charge in [-0.3, -0.25) is 14.5 Å². The van der Waals surface area contributed by atoms with Crippen LogP contribution in [0.15, 0.2) is 71.6 Å². The predicted molar refractivity (Wildman–Crippen MR) is 161 cm³/mol. The molecule has 10 heteroatoms. The van der Waals surface area contributed by atoms with Crippen molar-refractivity contribution in [2.45, 2.75) is 30.0 Å². The van der Waals surface area contributed by atoms with Crippen LogP contribution < -0.4 is 15.1 Å². The average molecular weight is 599 g/mol. The topological polar surface area (TPSA) is 55.9 Å². The fourth-order valence-electron chi connectivity index (χ4n) is 5.23. The van der Waals surface area contributed by atoms with Crippen LogP contribution in [0.25, 0.3) is 0 Å². The quantitative estimate of drug-likeness (QED) is 0.326. The van der Waals surface area contributed by atoms with Crippen molar-refractivity contribution in [1.29, 1.82) is 0 Å². The fourth-order valence-corrected chi connectivity index (χ4v) is 6.75.